The number of rotatable bonds is 6. The van der Waals surface area contributed by atoms with E-state index >= 15 is 0 Å². The van der Waals surface area contributed by atoms with Crippen molar-refractivity contribution >= 4 is 23.8 Å². The van der Waals surface area contributed by atoms with E-state index in [1.807, 2.05) is 12.1 Å². The highest BCUT2D eigenvalue weighted by Gasteiger charge is 2.15. The van der Waals surface area contributed by atoms with E-state index in [9.17, 15) is 14.0 Å². The standard InChI is InChI=1S/C21H20ClFN4O2/c1-14(2)27-20(28)25-19(24-12-11-15-3-7-17(22)8-4-15)26(21(27)29)13-16-5-9-18(23)10-6-16/h3-10,12,14H,11,13H2,1-2H3/b24-12+. The third-order valence-corrected chi connectivity index (χ3v) is 4.55. The van der Waals surface area contributed by atoms with Gasteiger partial charge in [0.2, 0.25) is 5.95 Å². The minimum absolute atomic E-state index is 0.00943. The lowest BCUT2D eigenvalue weighted by atomic mass is 10.2. The highest BCUT2D eigenvalue weighted by Crippen LogP contribution is 2.12. The number of aliphatic imine (C=N–C) groups is 1. The van der Waals surface area contributed by atoms with Crippen molar-refractivity contribution in [3.63, 3.8) is 0 Å². The molecule has 0 atom stereocenters. The van der Waals surface area contributed by atoms with Crippen LogP contribution in [-0.2, 0) is 13.0 Å². The second-order valence-corrected chi connectivity index (χ2v) is 7.23. The maximum atomic E-state index is 13.2. The van der Waals surface area contributed by atoms with Crippen molar-refractivity contribution in [3.05, 3.63) is 91.5 Å². The SMILES string of the molecule is CC(C)n1c(=O)nc(/N=C/Cc2ccc(Cl)cc2)n(Cc2ccc(F)cc2)c1=O. The molecule has 0 N–H and O–H groups in total. The van der Waals surface area contributed by atoms with Crippen LogP contribution in [-0.4, -0.2) is 20.3 Å². The summed E-state index contributed by atoms with van der Waals surface area (Å²) in [5, 5.41) is 0.637. The fraction of sp³-hybridized carbons (Fsp3) is 0.238. The molecule has 0 saturated heterocycles. The van der Waals surface area contributed by atoms with Gasteiger partial charge in [0, 0.05) is 23.7 Å². The van der Waals surface area contributed by atoms with Gasteiger partial charge in [-0.15, -0.1) is 0 Å². The van der Waals surface area contributed by atoms with Crippen LogP contribution in [0.2, 0.25) is 5.02 Å². The van der Waals surface area contributed by atoms with E-state index in [2.05, 4.69) is 9.98 Å². The first kappa shape index (κ1) is 20.7. The monoisotopic (exact) mass is 414 g/mol. The molecule has 6 nitrogen and oxygen atoms in total. The van der Waals surface area contributed by atoms with Crippen LogP contribution < -0.4 is 11.4 Å². The second-order valence-electron chi connectivity index (χ2n) is 6.80. The van der Waals surface area contributed by atoms with Crippen molar-refractivity contribution < 1.29 is 4.39 Å². The Bertz CT molecular complexity index is 1130. The highest BCUT2D eigenvalue weighted by atomic mass is 35.5. The number of hydrogen-bond donors (Lipinski definition) is 0. The second kappa shape index (κ2) is 8.96. The maximum absolute atomic E-state index is 13.2. The normalized spacial score (nSPS) is 11.5. The molecule has 150 valence electrons. The molecule has 0 aliphatic heterocycles. The van der Waals surface area contributed by atoms with Crippen molar-refractivity contribution in [2.45, 2.75) is 32.9 Å². The number of halogens is 2. The Hall–Kier alpha value is -3.06. The van der Waals surface area contributed by atoms with E-state index in [1.54, 1.807) is 44.3 Å². The summed E-state index contributed by atoms with van der Waals surface area (Å²) in [6.45, 7) is 3.58. The first-order chi connectivity index (χ1) is 13.8. The number of aromatic nitrogens is 3. The van der Waals surface area contributed by atoms with Gasteiger partial charge in [0.15, 0.2) is 0 Å². The molecule has 1 aromatic heterocycles. The van der Waals surface area contributed by atoms with Crippen molar-refractivity contribution in [3.8, 4) is 0 Å². The lowest BCUT2D eigenvalue weighted by Crippen LogP contribution is -2.42. The molecule has 0 radical (unpaired) electrons. The molecule has 0 aliphatic rings. The molecule has 1 heterocycles. The minimum atomic E-state index is -0.654. The third-order valence-electron chi connectivity index (χ3n) is 4.30. The van der Waals surface area contributed by atoms with E-state index in [0.717, 1.165) is 10.1 Å². The zero-order valence-corrected chi connectivity index (χ0v) is 16.8. The molecule has 0 bridgehead atoms. The topological polar surface area (TPSA) is 69.2 Å². The molecule has 0 fully saturated rings. The molecule has 0 aliphatic carbocycles. The molecule has 8 heteroatoms. The van der Waals surface area contributed by atoms with Crippen LogP contribution in [0, 0.1) is 5.82 Å². The van der Waals surface area contributed by atoms with Gasteiger partial charge in [-0.2, -0.15) is 4.98 Å². The molecule has 0 saturated carbocycles. The fourth-order valence-electron chi connectivity index (χ4n) is 2.80. The van der Waals surface area contributed by atoms with Crippen molar-refractivity contribution in [2.75, 3.05) is 0 Å². The Morgan fingerprint density at radius 2 is 1.69 bits per heavy atom. The van der Waals surface area contributed by atoms with E-state index in [1.165, 1.54) is 16.7 Å². The van der Waals surface area contributed by atoms with Crippen LogP contribution >= 0.6 is 11.6 Å². The Kier molecular flexibility index (Phi) is 6.39. The predicted molar refractivity (Wildman–Crippen MR) is 112 cm³/mol. The summed E-state index contributed by atoms with van der Waals surface area (Å²) >= 11 is 5.88. The zero-order valence-electron chi connectivity index (χ0n) is 16.0. The Morgan fingerprint density at radius 3 is 2.31 bits per heavy atom. The highest BCUT2D eigenvalue weighted by molar-refractivity contribution is 6.30. The van der Waals surface area contributed by atoms with E-state index in [4.69, 9.17) is 11.6 Å². The van der Waals surface area contributed by atoms with Crippen LogP contribution in [0.15, 0.2) is 63.1 Å². The maximum Gasteiger partial charge on any atom is 0.355 e. The largest absolute Gasteiger partial charge is 0.355 e. The average molecular weight is 415 g/mol. The van der Waals surface area contributed by atoms with Gasteiger partial charge in [-0.1, -0.05) is 35.9 Å². The molecule has 0 amide bonds. The van der Waals surface area contributed by atoms with Gasteiger partial charge in [0.25, 0.3) is 0 Å². The molecular formula is C21H20ClFN4O2. The summed E-state index contributed by atoms with van der Waals surface area (Å²) in [4.78, 5) is 33.5. The van der Waals surface area contributed by atoms with Gasteiger partial charge >= 0.3 is 11.4 Å². The van der Waals surface area contributed by atoms with Crippen LogP contribution in [0.1, 0.15) is 31.0 Å². The summed E-state index contributed by atoms with van der Waals surface area (Å²) in [6, 6.07) is 12.7. The molecule has 3 aromatic rings. The fourth-order valence-corrected chi connectivity index (χ4v) is 2.93. The first-order valence-corrected chi connectivity index (χ1v) is 9.47. The number of benzene rings is 2. The quantitative estimate of drug-likeness (QED) is 0.576. The molecular weight excluding hydrogens is 395 g/mol. The number of nitrogens with zero attached hydrogens (tertiary/aromatic N) is 4. The van der Waals surface area contributed by atoms with Crippen molar-refractivity contribution in [1.29, 1.82) is 0 Å². The van der Waals surface area contributed by atoms with Crippen LogP contribution in [0.3, 0.4) is 0 Å². The number of hydrogen-bond acceptors (Lipinski definition) is 4. The van der Waals surface area contributed by atoms with Gasteiger partial charge in [-0.25, -0.2) is 23.5 Å². The van der Waals surface area contributed by atoms with Crippen LogP contribution in [0.25, 0.3) is 0 Å². The lowest BCUT2D eigenvalue weighted by Gasteiger charge is -2.14. The Balaban J connectivity index is 1.98. The summed E-state index contributed by atoms with van der Waals surface area (Å²) in [5.74, 6) is -0.359. The van der Waals surface area contributed by atoms with E-state index in [0.29, 0.717) is 17.0 Å². The van der Waals surface area contributed by atoms with Gasteiger partial charge in [-0.3, -0.25) is 4.57 Å². The molecule has 0 spiro atoms. The summed E-state index contributed by atoms with van der Waals surface area (Å²) in [5.41, 5.74) is 0.501. The van der Waals surface area contributed by atoms with Crippen molar-refractivity contribution in [1.82, 2.24) is 14.1 Å². The molecule has 3 rings (SSSR count). The molecule has 2 aromatic carbocycles. The van der Waals surface area contributed by atoms with Crippen molar-refractivity contribution in [2.24, 2.45) is 4.99 Å². The summed E-state index contributed by atoms with van der Waals surface area (Å²) in [7, 11) is 0. The average Bonchev–Trinajstić information content (AvgIpc) is 2.67. The lowest BCUT2D eigenvalue weighted by molar-refractivity contribution is 0.495. The predicted octanol–water partition coefficient (Wildman–Crippen LogP) is 3.77. The van der Waals surface area contributed by atoms with Crippen LogP contribution in [0.5, 0.6) is 0 Å². The Labute approximate surface area is 172 Å². The summed E-state index contributed by atoms with van der Waals surface area (Å²) in [6.07, 6.45) is 2.07. The van der Waals surface area contributed by atoms with E-state index < -0.39 is 11.4 Å². The first-order valence-electron chi connectivity index (χ1n) is 9.10. The zero-order chi connectivity index (χ0) is 21.0. The van der Waals surface area contributed by atoms with E-state index in [-0.39, 0.29) is 24.4 Å². The Morgan fingerprint density at radius 1 is 1.07 bits per heavy atom. The van der Waals surface area contributed by atoms with Gasteiger partial charge in [-0.05, 0) is 49.2 Å². The minimum Gasteiger partial charge on any atom is -0.257 e. The summed E-state index contributed by atoms with van der Waals surface area (Å²) < 4.78 is 15.6. The molecule has 29 heavy (non-hydrogen) atoms. The van der Waals surface area contributed by atoms with Crippen LogP contribution in [0.4, 0.5) is 10.3 Å². The van der Waals surface area contributed by atoms with Gasteiger partial charge in [0.1, 0.15) is 5.82 Å². The van der Waals surface area contributed by atoms with Gasteiger partial charge < -0.3 is 0 Å². The molecule has 0 unspecified atom stereocenters. The third kappa shape index (κ3) is 5.06. The smallest absolute Gasteiger partial charge is 0.257 e. The van der Waals surface area contributed by atoms with Gasteiger partial charge in [0.05, 0.1) is 6.54 Å².